The number of benzene rings is 2. The second kappa shape index (κ2) is 10.0. The van der Waals surface area contributed by atoms with Gasteiger partial charge < -0.3 is 9.64 Å². The van der Waals surface area contributed by atoms with Gasteiger partial charge in [0.05, 0.1) is 17.1 Å². The molecule has 3 rings (SSSR count). The average Bonchev–Trinajstić information content (AvgIpc) is 2.72. The average molecular weight is 457 g/mol. The van der Waals surface area contributed by atoms with Gasteiger partial charge in [0.2, 0.25) is 0 Å². The van der Waals surface area contributed by atoms with Crippen LogP contribution >= 0.6 is 0 Å². The Morgan fingerprint density at radius 2 is 1.48 bits per heavy atom. The molecule has 0 atom stereocenters. The Bertz CT molecular complexity index is 937. The number of piperazine rings is 1. The SMILES string of the molecule is CS(=O)(=O)c1ccc(OCCCN2CCN(Cc3ccc(C(F)(F)F)cc3)CC2)cc1. The largest absolute Gasteiger partial charge is 0.494 e. The van der Waals surface area contributed by atoms with Crippen molar-refractivity contribution in [3.8, 4) is 5.75 Å². The van der Waals surface area contributed by atoms with Crippen LogP contribution in [0, 0.1) is 0 Å². The van der Waals surface area contributed by atoms with Crippen molar-refractivity contribution in [3.05, 3.63) is 59.7 Å². The summed E-state index contributed by atoms with van der Waals surface area (Å²) in [5.41, 5.74) is 0.270. The smallest absolute Gasteiger partial charge is 0.416 e. The first-order valence-corrected chi connectivity index (χ1v) is 12.0. The highest BCUT2D eigenvalue weighted by atomic mass is 32.2. The fraction of sp³-hybridized carbons (Fsp3) is 0.455. The van der Waals surface area contributed by atoms with Gasteiger partial charge in [-0.15, -0.1) is 0 Å². The van der Waals surface area contributed by atoms with Crippen LogP contribution in [0.5, 0.6) is 5.75 Å². The Labute approximate surface area is 181 Å². The molecule has 2 aromatic carbocycles. The van der Waals surface area contributed by atoms with Gasteiger partial charge in [-0.1, -0.05) is 12.1 Å². The number of hydrogen-bond donors (Lipinski definition) is 0. The van der Waals surface area contributed by atoms with Gasteiger partial charge in [-0.05, 0) is 48.4 Å². The molecule has 9 heteroatoms. The third-order valence-electron chi connectivity index (χ3n) is 5.29. The number of ether oxygens (including phenoxy) is 1. The van der Waals surface area contributed by atoms with Crippen molar-refractivity contribution >= 4 is 9.84 Å². The molecule has 5 nitrogen and oxygen atoms in total. The molecular weight excluding hydrogens is 429 g/mol. The summed E-state index contributed by atoms with van der Waals surface area (Å²) < 4.78 is 66.6. The Hall–Kier alpha value is -2.10. The molecule has 170 valence electrons. The van der Waals surface area contributed by atoms with Crippen molar-refractivity contribution < 1.29 is 26.3 Å². The van der Waals surface area contributed by atoms with E-state index in [9.17, 15) is 21.6 Å². The number of rotatable bonds is 8. The van der Waals surface area contributed by atoms with Gasteiger partial charge in [-0.25, -0.2) is 8.42 Å². The molecule has 1 aliphatic heterocycles. The maximum Gasteiger partial charge on any atom is 0.416 e. The highest BCUT2D eigenvalue weighted by Crippen LogP contribution is 2.29. The zero-order valence-corrected chi connectivity index (χ0v) is 18.3. The van der Waals surface area contributed by atoms with Gasteiger partial charge in [-0.2, -0.15) is 13.2 Å². The summed E-state index contributed by atoms with van der Waals surface area (Å²) in [6.07, 6.45) is -2.27. The molecule has 1 saturated heterocycles. The maximum absolute atomic E-state index is 12.7. The van der Waals surface area contributed by atoms with Crippen molar-refractivity contribution in [2.75, 3.05) is 45.6 Å². The number of sulfone groups is 1. The molecule has 2 aromatic rings. The normalized spacial score (nSPS) is 16.4. The van der Waals surface area contributed by atoms with E-state index in [1.54, 1.807) is 36.4 Å². The minimum atomic E-state index is -4.30. The predicted molar refractivity (Wildman–Crippen MR) is 113 cm³/mol. The molecule has 0 amide bonds. The molecule has 1 aliphatic rings. The minimum Gasteiger partial charge on any atom is -0.494 e. The summed E-state index contributed by atoms with van der Waals surface area (Å²) >= 11 is 0. The van der Waals surface area contributed by atoms with E-state index in [-0.39, 0.29) is 4.90 Å². The molecule has 0 unspecified atom stereocenters. The van der Waals surface area contributed by atoms with Gasteiger partial charge >= 0.3 is 6.18 Å². The number of nitrogens with zero attached hydrogens (tertiary/aromatic N) is 2. The maximum atomic E-state index is 12.7. The summed E-state index contributed by atoms with van der Waals surface area (Å²) in [4.78, 5) is 4.87. The summed E-state index contributed by atoms with van der Waals surface area (Å²) in [6, 6.07) is 11.8. The van der Waals surface area contributed by atoms with Gasteiger partial charge in [0, 0.05) is 45.5 Å². The first kappa shape index (κ1) is 23.6. The molecule has 0 N–H and O–H groups in total. The van der Waals surface area contributed by atoms with E-state index in [1.807, 2.05) is 0 Å². The second-order valence-electron chi connectivity index (χ2n) is 7.76. The number of hydrogen-bond acceptors (Lipinski definition) is 5. The van der Waals surface area contributed by atoms with Gasteiger partial charge in [0.15, 0.2) is 9.84 Å². The van der Waals surface area contributed by atoms with E-state index >= 15 is 0 Å². The summed E-state index contributed by atoms with van der Waals surface area (Å²) in [5.74, 6) is 0.647. The lowest BCUT2D eigenvalue weighted by molar-refractivity contribution is -0.137. The fourth-order valence-corrected chi connectivity index (χ4v) is 4.12. The molecule has 31 heavy (non-hydrogen) atoms. The van der Waals surface area contributed by atoms with Crippen LogP contribution in [0.1, 0.15) is 17.5 Å². The van der Waals surface area contributed by atoms with Crippen molar-refractivity contribution in [3.63, 3.8) is 0 Å². The molecule has 1 heterocycles. The Kier molecular flexibility index (Phi) is 7.61. The number of alkyl halides is 3. The molecule has 0 saturated carbocycles. The summed E-state index contributed by atoms with van der Waals surface area (Å²) in [5, 5.41) is 0. The second-order valence-corrected chi connectivity index (χ2v) is 9.77. The predicted octanol–water partition coefficient (Wildman–Crippen LogP) is 3.70. The van der Waals surface area contributed by atoms with Crippen molar-refractivity contribution in [1.29, 1.82) is 0 Å². The first-order valence-electron chi connectivity index (χ1n) is 10.1. The fourth-order valence-electron chi connectivity index (χ4n) is 3.49. The summed E-state index contributed by atoms with van der Waals surface area (Å²) in [7, 11) is -3.20. The van der Waals surface area contributed by atoms with E-state index in [2.05, 4.69) is 9.80 Å². The minimum absolute atomic E-state index is 0.272. The van der Waals surface area contributed by atoms with Crippen molar-refractivity contribution in [2.24, 2.45) is 0 Å². The third-order valence-corrected chi connectivity index (χ3v) is 6.42. The van der Waals surface area contributed by atoms with E-state index in [4.69, 9.17) is 4.74 Å². The third kappa shape index (κ3) is 7.22. The lowest BCUT2D eigenvalue weighted by Gasteiger charge is -2.34. The molecule has 0 aromatic heterocycles. The molecule has 1 fully saturated rings. The van der Waals surface area contributed by atoms with Gasteiger partial charge in [0.25, 0.3) is 0 Å². The molecule has 0 radical (unpaired) electrons. The summed E-state index contributed by atoms with van der Waals surface area (Å²) in [6.45, 7) is 5.65. The monoisotopic (exact) mass is 456 g/mol. The van der Waals surface area contributed by atoms with E-state index in [0.29, 0.717) is 18.9 Å². The standard InChI is InChI=1S/C22H27F3N2O3S/c1-31(28,29)21-9-7-20(8-10-21)30-16-2-11-26-12-14-27(15-13-26)17-18-3-5-19(6-4-18)22(23,24)25/h3-10H,2,11-17H2,1H3. The Morgan fingerprint density at radius 3 is 2.03 bits per heavy atom. The molecular formula is C22H27F3N2O3S. The van der Waals surface area contributed by atoms with Crippen LogP contribution < -0.4 is 4.74 Å². The van der Waals surface area contributed by atoms with E-state index in [1.165, 1.54) is 6.26 Å². The lowest BCUT2D eigenvalue weighted by atomic mass is 10.1. The van der Waals surface area contributed by atoms with Crippen LogP contribution in [0.15, 0.2) is 53.4 Å². The van der Waals surface area contributed by atoms with Crippen molar-refractivity contribution in [1.82, 2.24) is 9.80 Å². The highest BCUT2D eigenvalue weighted by Gasteiger charge is 2.30. The zero-order valence-electron chi connectivity index (χ0n) is 17.4. The van der Waals surface area contributed by atoms with Crippen LogP contribution in [0.2, 0.25) is 0 Å². The number of halogens is 3. The van der Waals surface area contributed by atoms with E-state index in [0.717, 1.165) is 56.8 Å². The molecule has 0 bridgehead atoms. The highest BCUT2D eigenvalue weighted by molar-refractivity contribution is 7.90. The molecule has 0 spiro atoms. The Balaban J connectivity index is 1.34. The van der Waals surface area contributed by atoms with Crippen LogP contribution in [0.3, 0.4) is 0 Å². The van der Waals surface area contributed by atoms with Gasteiger partial charge in [0.1, 0.15) is 5.75 Å². The Morgan fingerprint density at radius 1 is 0.903 bits per heavy atom. The quantitative estimate of drug-likeness (QED) is 0.567. The van der Waals surface area contributed by atoms with E-state index < -0.39 is 21.6 Å². The van der Waals surface area contributed by atoms with Crippen LogP contribution in [-0.2, 0) is 22.6 Å². The van der Waals surface area contributed by atoms with Crippen LogP contribution in [-0.4, -0.2) is 63.8 Å². The lowest BCUT2D eigenvalue weighted by Crippen LogP contribution is -2.46. The zero-order chi connectivity index (χ0) is 22.5. The van der Waals surface area contributed by atoms with Crippen LogP contribution in [0.4, 0.5) is 13.2 Å². The molecule has 0 aliphatic carbocycles. The van der Waals surface area contributed by atoms with Gasteiger partial charge in [-0.3, -0.25) is 4.90 Å². The first-order chi connectivity index (χ1) is 14.6. The van der Waals surface area contributed by atoms with Crippen LogP contribution in [0.25, 0.3) is 0 Å². The van der Waals surface area contributed by atoms with Crippen molar-refractivity contribution in [2.45, 2.75) is 24.0 Å². The topological polar surface area (TPSA) is 49.9 Å².